The van der Waals surface area contributed by atoms with Gasteiger partial charge in [0, 0.05) is 11.6 Å². The van der Waals surface area contributed by atoms with Crippen molar-refractivity contribution in [3.05, 3.63) is 57.5 Å². The molecule has 3 rings (SSSR count). The maximum atomic E-state index is 11.8. The van der Waals surface area contributed by atoms with Crippen LogP contribution >= 0.6 is 11.3 Å². The second-order valence-electron chi connectivity index (χ2n) is 4.74. The fourth-order valence-electron chi connectivity index (χ4n) is 1.85. The van der Waals surface area contributed by atoms with Gasteiger partial charge in [0.1, 0.15) is 6.54 Å². The van der Waals surface area contributed by atoms with Crippen LogP contribution in [0.4, 0.5) is 5.00 Å². The molecule has 0 saturated carbocycles. The van der Waals surface area contributed by atoms with Crippen molar-refractivity contribution in [3.8, 4) is 11.4 Å². The third kappa shape index (κ3) is 4.29. The third-order valence-corrected chi connectivity index (χ3v) is 3.91. The first-order valence-electron chi connectivity index (χ1n) is 7.01. The molecule has 0 spiro atoms. The van der Waals surface area contributed by atoms with Crippen LogP contribution in [0.25, 0.3) is 11.4 Å². The summed E-state index contributed by atoms with van der Waals surface area (Å²) in [5.74, 6) is -0.0258. The van der Waals surface area contributed by atoms with Gasteiger partial charge in [-0.3, -0.25) is 14.9 Å². The van der Waals surface area contributed by atoms with Gasteiger partial charge in [0.25, 0.3) is 5.91 Å². The highest BCUT2D eigenvalue weighted by atomic mass is 32.1. The van der Waals surface area contributed by atoms with Gasteiger partial charge in [-0.2, -0.15) is 9.90 Å². The second-order valence-corrected chi connectivity index (χ2v) is 5.83. The van der Waals surface area contributed by atoms with Crippen LogP contribution in [0.5, 0.6) is 0 Å². The number of nitrogens with zero attached hydrogens (tertiary/aromatic N) is 6. The Bertz CT molecular complexity index is 919. The molecule has 0 radical (unpaired) electrons. The van der Waals surface area contributed by atoms with Crippen molar-refractivity contribution in [2.45, 2.75) is 6.54 Å². The Morgan fingerprint density at radius 3 is 2.84 bits per heavy atom. The zero-order valence-electron chi connectivity index (χ0n) is 12.6. The fourth-order valence-corrected chi connectivity index (χ4v) is 2.55. The lowest BCUT2D eigenvalue weighted by atomic mass is 10.2. The number of aromatic nitrogens is 4. The van der Waals surface area contributed by atoms with Crippen LogP contribution in [-0.4, -0.2) is 37.3 Å². The van der Waals surface area contributed by atoms with Crippen molar-refractivity contribution in [2.75, 3.05) is 0 Å². The number of carbonyl (C=O) groups excluding carboxylic acids is 1. The van der Waals surface area contributed by atoms with Crippen LogP contribution in [0.2, 0.25) is 0 Å². The minimum absolute atomic E-state index is 0.00744. The molecule has 1 N–H and O–H groups in total. The van der Waals surface area contributed by atoms with Crippen molar-refractivity contribution in [2.24, 2.45) is 5.10 Å². The number of hydrogen-bond acceptors (Lipinski definition) is 8. The van der Waals surface area contributed by atoms with E-state index >= 15 is 0 Å². The first kappa shape index (κ1) is 16.4. The minimum atomic E-state index is -0.485. The monoisotopic (exact) mass is 357 g/mol. The van der Waals surface area contributed by atoms with E-state index in [-0.39, 0.29) is 11.5 Å². The van der Waals surface area contributed by atoms with E-state index in [9.17, 15) is 14.9 Å². The Balaban J connectivity index is 1.55. The van der Waals surface area contributed by atoms with E-state index in [1.54, 1.807) is 6.07 Å². The lowest BCUT2D eigenvalue weighted by Gasteiger charge is -1.97. The Morgan fingerprint density at radius 1 is 1.32 bits per heavy atom. The van der Waals surface area contributed by atoms with Crippen LogP contribution in [0, 0.1) is 10.1 Å². The van der Waals surface area contributed by atoms with Crippen molar-refractivity contribution >= 4 is 28.5 Å². The molecule has 11 heteroatoms. The average Bonchev–Trinajstić information content (AvgIpc) is 3.25. The SMILES string of the molecule is O=C(Cn1nnc(-c2ccccc2)n1)N/N=C/c1ccc([N+](=O)[O-])s1. The number of nitro groups is 1. The molecule has 1 aromatic carbocycles. The summed E-state index contributed by atoms with van der Waals surface area (Å²) in [4.78, 5) is 23.6. The summed E-state index contributed by atoms with van der Waals surface area (Å²) in [6.07, 6.45) is 1.33. The van der Waals surface area contributed by atoms with Crippen LogP contribution in [0.15, 0.2) is 47.6 Å². The topological polar surface area (TPSA) is 128 Å². The van der Waals surface area contributed by atoms with Gasteiger partial charge in [-0.05, 0) is 11.3 Å². The van der Waals surface area contributed by atoms with Crippen molar-refractivity contribution in [1.29, 1.82) is 0 Å². The standard InChI is InChI=1S/C14H11N7O3S/c22-12(16-15-8-11-6-7-13(25-11)21(23)24)9-20-18-14(17-19-20)10-4-2-1-3-5-10/h1-8H,9H2,(H,16,22)/b15-8+. The van der Waals surface area contributed by atoms with Crippen LogP contribution in [-0.2, 0) is 11.3 Å². The predicted molar refractivity (Wildman–Crippen MR) is 90.0 cm³/mol. The third-order valence-electron chi connectivity index (χ3n) is 2.94. The highest BCUT2D eigenvalue weighted by Gasteiger charge is 2.09. The van der Waals surface area contributed by atoms with Gasteiger partial charge >= 0.3 is 5.00 Å². The van der Waals surface area contributed by atoms with Crippen LogP contribution in [0.3, 0.4) is 0 Å². The molecule has 0 fully saturated rings. The molecule has 126 valence electrons. The number of tetrazole rings is 1. The molecule has 0 atom stereocenters. The smallest absolute Gasteiger partial charge is 0.271 e. The molecular formula is C14H11N7O3S. The van der Waals surface area contributed by atoms with E-state index in [0.29, 0.717) is 10.7 Å². The molecule has 0 bridgehead atoms. The Morgan fingerprint density at radius 2 is 2.12 bits per heavy atom. The van der Waals surface area contributed by atoms with Gasteiger partial charge in [-0.25, -0.2) is 5.43 Å². The number of hydrazone groups is 1. The summed E-state index contributed by atoms with van der Waals surface area (Å²) in [6, 6.07) is 12.2. The first-order chi connectivity index (χ1) is 12.1. The molecule has 3 aromatic rings. The van der Waals surface area contributed by atoms with Crippen molar-refractivity contribution in [1.82, 2.24) is 25.6 Å². The fraction of sp³-hybridized carbons (Fsp3) is 0.0714. The largest absolute Gasteiger partial charge is 0.324 e. The van der Waals surface area contributed by atoms with Crippen molar-refractivity contribution < 1.29 is 9.72 Å². The molecule has 1 amide bonds. The number of carbonyl (C=O) groups is 1. The first-order valence-corrected chi connectivity index (χ1v) is 7.83. The van der Waals surface area contributed by atoms with E-state index in [2.05, 4.69) is 25.9 Å². The molecule has 0 aliphatic carbocycles. The van der Waals surface area contributed by atoms with E-state index in [1.807, 2.05) is 30.3 Å². The molecule has 0 saturated heterocycles. The van der Waals surface area contributed by atoms with Gasteiger partial charge < -0.3 is 0 Å². The number of hydrogen-bond donors (Lipinski definition) is 1. The molecule has 10 nitrogen and oxygen atoms in total. The van der Waals surface area contributed by atoms with Crippen LogP contribution in [0.1, 0.15) is 4.88 Å². The lowest BCUT2D eigenvalue weighted by molar-refractivity contribution is -0.380. The van der Waals surface area contributed by atoms with Gasteiger partial charge in [0.2, 0.25) is 5.82 Å². The Kier molecular flexibility index (Phi) is 4.85. The molecule has 2 aromatic heterocycles. The average molecular weight is 357 g/mol. The quantitative estimate of drug-likeness (QED) is 0.404. The Labute approximate surface area is 144 Å². The number of amides is 1. The zero-order chi connectivity index (χ0) is 17.6. The molecule has 2 heterocycles. The van der Waals surface area contributed by atoms with Gasteiger partial charge in [0.15, 0.2) is 0 Å². The molecular weight excluding hydrogens is 346 g/mol. The van der Waals surface area contributed by atoms with E-state index in [1.165, 1.54) is 12.3 Å². The van der Waals surface area contributed by atoms with Gasteiger partial charge in [0.05, 0.1) is 16.0 Å². The summed E-state index contributed by atoms with van der Waals surface area (Å²) in [5, 5.41) is 26.2. The normalized spacial score (nSPS) is 10.9. The minimum Gasteiger partial charge on any atom is -0.271 e. The summed E-state index contributed by atoms with van der Waals surface area (Å²) in [5.41, 5.74) is 3.10. The maximum Gasteiger partial charge on any atom is 0.324 e. The number of rotatable bonds is 6. The number of benzene rings is 1. The molecule has 0 unspecified atom stereocenters. The summed E-state index contributed by atoms with van der Waals surface area (Å²) in [7, 11) is 0. The maximum absolute atomic E-state index is 11.8. The predicted octanol–water partition coefficient (Wildman–Crippen LogP) is 1.46. The van der Waals surface area contributed by atoms with Gasteiger partial charge in [-0.15, -0.1) is 10.2 Å². The molecule has 25 heavy (non-hydrogen) atoms. The van der Waals surface area contributed by atoms with Crippen molar-refractivity contribution in [3.63, 3.8) is 0 Å². The summed E-state index contributed by atoms with van der Waals surface area (Å²) in [6.45, 7) is -0.151. The summed E-state index contributed by atoms with van der Waals surface area (Å²) >= 11 is 0.958. The molecule has 0 aliphatic rings. The van der Waals surface area contributed by atoms with Crippen LogP contribution < -0.4 is 5.43 Å². The Hall–Kier alpha value is -3.47. The highest BCUT2D eigenvalue weighted by Crippen LogP contribution is 2.22. The van der Waals surface area contributed by atoms with Gasteiger partial charge in [-0.1, -0.05) is 41.7 Å². The highest BCUT2D eigenvalue weighted by molar-refractivity contribution is 7.16. The lowest BCUT2D eigenvalue weighted by Crippen LogP contribution is -2.24. The second kappa shape index (κ2) is 7.40. The summed E-state index contributed by atoms with van der Waals surface area (Å²) < 4.78 is 0. The number of nitrogens with one attached hydrogen (secondary N) is 1. The molecule has 0 aliphatic heterocycles. The van der Waals surface area contributed by atoms with E-state index in [0.717, 1.165) is 21.7 Å². The number of thiophene rings is 1. The van der Waals surface area contributed by atoms with E-state index < -0.39 is 10.8 Å². The van der Waals surface area contributed by atoms with E-state index in [4.69, 9.17) is 0 Å². The zero-order valence-corrected chi connectivity index (χ0v) is 13.5.